The number of ether oxygens (including phenoxy) is 1. The van der Waals surface area contributed by atoms with Gasteiger partial charge in [-0.05, 0) is 58.6 Å². The van der Waals surface area contributed by atoms with Crippen molar-refractivity contribution in [1.82, 2.24) is 4.98 Å². The number of hydrogen-bond donors (Lipinski definition) is 2. The maximum absolute atomic E-state index is 12.8. The van der Waals surface area contributed by atoms with Crippen LogP contribution in [0.4, 0.5) is 18.9 Å². The molecular formula is C23H25F3N2O3S. The smallest absolute Gasteiger partial charge is 0.433 e. The van der Waals surface area contributed by atoms with Crippen molar-refractivity contribution in [2.24, 2.45) is 5.41 Å². The summed E-state index contributed by atoms with van der Waals surface area (Å²) >= 11 is 1.14. The number of carbonyl (C=O) groups is 1. The molecule has 32 heavy (non-hydrogen) atoms. The lowest BCUT2D eigenvalue weighted by Gasteiger charge is -2.29. The van der Waals surface area contributed by atoms with Gasteiger partial charge in [-0.2, -0.15) is 13.2 Å². The summed E-state index contributed by atoms with van der Waals surface area (Å²) in [5.41, 5.74) is -0.618. The third-order valence-electron chi connectivity index (χ3n) is 4.82. The predicted octanol–water partition coefficient (Wildman–Crippen LogP) is 6.06. The maximum atomic E-state index is 12.8. The van der Waals surface area contributed by atoms with Gasteiger partial charge in [0.2, 0.25) is 5.88 Å². The van der Waals surface area contributed by atoms with E-state index in [4.69, 9.17) is 4.74 Å². The third-order valence-corrected chi connectivity index (χ3v) is 5.86. The standard InChI is InChI=1S/C23H25F3N2O3S/c1-22(2,3)12-11-16-13-17(20(32-16)21(29)30)27-14-7-9-15(10-8-14)31-19-6-4-5-18(28-19)23(24,25)26/h4-6,13-15,27H,7-10H2,1-3H3,(H,29,30). The zero-order chi connectivity index (χ0) is 23.5. The summed E-state index contributed by atoms with van der Waals surface area (Å²) in [7, 11) is 0. The number of thiophene rings is 1. The van der Waals surface area contributed by atoms with E-state index in [0.29, 0.717) is 36.2 Å². The zero-order valence-electron chi connectivity index (χ0n) is 18.0. The molecule has 1 fully saturated rings. The summed E-state index contributed by atoms with van der Waals surface area (Å²) in [6, 6.07) is 5.42. The van der Waals surface area contributed by atoms with E-state index in [9.17, 15) is 23.1 Å². The van der Waals surface area contributed by atoms with Crippen LogP contribution in [0.2, 0.25) is 0 Å². The Morgan fingerprint density at radius 2 is 1.91 bits per heavy atom. The molecule has 0 aliphatic heterocycles. The van der Waals surface area contributed by atoms with E-state index in [-0.39, 0.29) is 28.3 Å². The Kier molecular flexibility index (Phi) is 7.03. The van der Waals surface area contributed by atoms with Crippen molar-refractivity contribution >= 4 is 23.0 Å². The summed E-state index contributed by atoms with van der Waals surface area (Å²) in [5, 5.41) is 12.8. The number of carboxylic acids is 1. The number of aromatic carboxylic acids is 1. The van der Waals surface area contributed by atoms with Gasteiger partial charge in [0.05, 0.1) is 10.6 Å². The van der Waals surface area contributed by atoms with Gasteiger partial charge in [-0.1, -0.05) is 17.9 Å². The van der Waals surface area contributed by atoms with Crippen LogP contribution in [-0.2, 0) is 6.18 Å². The molecule has 2 aromatic rings. The molecule has 0 unspecified atom stereocenters. The second kappa shape index (κ2) is 9.41. The summed E-state index contributed by atoms with van der Waals surface area (Å²) in [6.45, 7) is 5.96. The van der Waals surface area contributed by atoms with Crippen LogP contribution >= 0.6 is 11.3 Å². The second-order valence-electron chi connectivity index (χ2n) is 8.75. The van der Waals surface area contributed by atoms with Crippen molar-refractivity contribution in [2.75, 3.05) is 5.32 Å². The number of rotatable bonds is 5. The molecule has 172 valence electrons. The molecule has 1 saturated carbocycles. The van der Waals surface area contributed by atoms with Crippen LogP contribution in [0.3, 0.4) is 0 Å². The maximum Gasteiger partial charge on any atom is 0.433 e. The van der Waals surface area contributed by atoms with Gasteiger partial charge in [0.1, 0.15) is 16.7 Å². The average molecular weight is 467 g/mol. The number of carboxylic acid groups (broad SMARTS) is 1. The SMILES string of the molecule is CC(C)(C)C#Cc1cc(NC2CCC(Oc3cccc(C(F)(F)F)n3)CC2)c(C(=O)O)s1. The van der Waals surface area contributed by atoms with E-state index >= 15 is 0 Å². The first-order chi connectivity index (χ1) is 14.9. The molecule has 1 aliphatic carbocycles. The molecule has 2 N–H and O–H groups in total. The monoisotopic (exact) mass is 466 g/mol. The Labute approximate surface area is 189 Å². The molecule has 0 spiro atoms. The molecule has 0 bridgehead atoms. The molecule has 5 nitrogen and oxygen atoms in total. The van der Waals surface area contributed by atoms with Crippen LogP contribution in [0, 0.1) is 17.3 Å². The van der Waals surface area contributed by atoms with Gasteiger partial charge < -0.3 is 15.2 Å². The number of halogens is 3. The fraction of sp³-hybridized carbons (Fsp3) is 0.478. The van der Waals surface area contributed by atoms with E-state index in [1.165, 1.54) is 12.1 Å². The Morgan fingerprint density at radius 1 is 1.22 bits per heavy atom. The Morgan fingerprint density at radius 3 is 2.50 bits per heavy atom. The molecule has 1 aliphatic rings. The number of anilines is 1. The molecule has 0 amide bonds. The molecule has 0 atom stereocenters. The van der Waals surface area contributed by atoms with Crippen molar-refractivity contribution in [2.45, 2.75) is 64.8 Å². The van der Waals surface area contributed by atoms with Crippen LogP contribution in [0.5, 0.6) is 5.88 Å². The summed E-state index contributed by atoms with van der Waals surface area (Å²) < 4.78 is 44.2. The molecule has 3 rings (SSSR count). The molecule has 0 radical (unpaired) electrons. The average Bonchev–Trinajstić information content (AvgIpc) is 3.10. The quantitative estimate of drug-likeness (QED) is 0.524. The van der Waals surface area contributed by atoms with E-state index in [1.54, 1.807) is 6.07 Å². The lowest BCUT2D eigenvalue weighted by molar-refractivity contribution is -0.141. The minimum Gasteiger partial charge on any atom is -0.477 e. The van der Waals surface area contributed by atoms with Gasteiger partial charge in [0.15, 0.2) is 0 Å². The topological polar surface area (TPSA) is 71.5 Å². The van der Waals surface area contributed by atoms with Gasteiger partial charge in [-0.3, -0.25) is 0 Å². The fourth-order valence-electron chi connectivity index (χ4n) is 3.32. The Balaban J connectivity index is 1.61. The Bertz CT molecular complexity index is 1020. The highest BCUT2D eigenvalue weighted by Crippen LogP contribution is 2.32. The molecule has 2 heterocycles. The van der Waals surface area contributed by atoms with Crippen LogP contribution in [0.1, 0.15) is 66.7 Å². The molecule has 2 aromatic heterocycles. The van der Waals surface area contributed by atoms with Gasteiger partial charge in [0.25, 0.3) is 0 Å². The van der Waals surface area contributed by atoms with E-state index < -0.39 is 17.8 Å². The number of aromatic nitrogens is 1. The summed E-state index contributed by atoms with van der Waals surface area (Å²) in [6.07, 6.45) is -2.11. The lowest BCUT2D eigenvalue weighted by Crippen LogP contribution is -2.31. The first-order valence-corrected chi connectivity index (χ1v) is 11.1. The third kappa shape index (κ3) is 6.63. The number of nitrogens with zero attached hydrogens (tertiary/aromatic N) is 1. The van der Waals surface area contributed by atoms with Crippen LogP contribution in [-0.4, -0.2) is 28.2 Å². The van der Waals surface area contributed by atoms with Gasteiger partial charge >= 0.3 is 12.1 Å². The number of pyridine rings is 1. The highest BCUT2D eigenvalue weighted by Gasteiger charge is 2.33. The van der Waals surface area contributed by atoms with Gasteiger partial charge in [-0.25, -0.2) is 9.78 Å². The van der Waals surface area contributed by atoms with Crippen molar-refractivity contribution in [1.29, 1.82) is 0 Å². The molecular weight excluding hydrogens is 441 g/mol. The van der Waals surface area contributed by atoms with Gasteiger partial charge in [-0.15, -0.1) is 11.3 Å². The molecule has 0 saturated heterocycles. The van der Waals surface area contributed by atoms with Crippen LogP contribution in [0.25, 0.3) is 0 Å². The largest absolute Gasteiger partial charge is 0.477 e. The molecule has 0 aromatic carbocycles. The second-order valence-corrected chi connectivity index (χ2v) is 9.81. The van der Waals surface area contributed by atoms with Crippen molar-refractivity contribution in [3.63, 3.8) is 0 Å². The van der Waals surface area contributed by atoms with Crippen LogP contribution in [0.15, 0.2) is 24.3 Å². The minimum absolute atomic E-state index is 0.0377. The fourth-order valence-corrected chi connectivity index (χ4v) is 4.14. The lowest BCUT2D eigenvalue weighted by atomic mass is 9.92. The number of alkyl halides is 3. The molecule has 9 heteroatoms. The van der Waals surface area contributed by atoms with Crippen LogP contribution < -0.4 is 10.1 Å². The van der Waals surface area contributed by atoms with Crippen molar-refractivity contribution in [3.05, 3.63) is 39.7 Å². The van der Waals surface area contributed by atoms with Gasteiger partial charge in [0, 0.05) is 17.5 Å². The Hall–Kier alpha value is -2.73. The number of nitrogens with one attached hydrogen (secondary N) is 1. The van der Waals surface area contributed by atoms with E-state index in [2.05, 4.69) is 22.1 Å². The summed E-state index contributed by atoms with van der Waals surface area (Å²) in [5.74, 6) is 5.11. The van der Waals surface area contributed by atoms with E-state index in [0.717, 1.165) is 17.4 Å². The minimum atomic E-state index is -4.51. The first kappa shape index (κ1) is 23.9. The van der Waals surface area contributed by atoms with Crippen molar-refractivity contribution < 1.29 is 27.8 Å². The normalized spacial score (nSPS) is 19.1. The first-order valence-electron chi connectivity index (χ1n) is 10.3. The predicted molar refractivity (Wildman–Crippen MR) is 117 cm³/mol. The van der Waals surface area contributed by atoms with Crippen molar-refractivity contribution in [3.8, 4) is 17.7 Å². The zero-order valence-corrected chi connectivity index (χ0v) is 18.9. The highest BCUT2D eigenvalue weighted by molar-refractivity contribution is 7.15. The summed E-state index contributed by atoms with van der Waals surface area (Å²) in [4.78, 5) is 16.1. The number of hydrogen-bond acceptors (Lipinski definition) is 5. The van der Waals surface area contributed by atoms with E-state index in [1.807, 2.05) is 20.8 Å². The highest BCUT2D eigenvalue weighted by atomic mass is 32.1.